The van der Waals surface area contributed by atoms with Crippen LogP contribution in [0.15, 0.2) is 28.8 Å². The molecule has 0 saturated carbocycles. The molecule has 0 unspecified atom stereocenters. The van der Waals surface area contributed by atoms with Crippen molar-refractivity contribution in [1.29, 1.82) is 0 Å². The van der Waals surface area contributed by atoms with Gasteiger partial charge in [-0.25, -0.2) is 8.78 Å². The highest BCUT2D eigenvalue weighted by Crippen LogP contribution is 2.14. The maximum absolute atomic E-state index is 13.3. The number of hydrogen-bond donors (Lipinski definition) is 1. The van der Waals surface area contributed by atoms with E-state index >= 15 is 0 Å². The van der Waals surface area contributed by atoms with Crippen molar-refractivity contribution in [3.8, 4) is 0 Å². The van der Waals surface area contributed by atoms with E-state index in [0.717, 1.165) is 6.07 Å². The first-order valence-corrected chi connectivity index (χ1v) is 4.77. The summed E-state index contributed by atoms with van der Waals surface area (Å²) in [6.45, 7) is 1.91. The molecule has 16 heavy (non-hydrogen) atoms. The molecule has 0 atom stereocenters. The van der Waals surface area contributed by atoms with E-state index in [1.54, 1.807) is 13.0 Å². The Morgan fingerprint density at radius 3 is 2.88 bits per heavy atom. The Morgan fingerprint density at radius 2 is 2.19 bits per heavy atom. The van der Waals surface area contributed by atoms with Crippen LogP contribution in [0.25, 0.3) is 0 Å². The van der Waals surface area contributed by atoms with Crippen molar-refractivity contribution < 1.29 is 13.3 Å². The van der Waals surface area contributed by atoms with Crippen LogP contribution < -0.4 is 5.32 Å². The maximum atomic E-state index is 13.3. The summed E-state index contributed by atoms with van der Waals surface area (Å²) in [6.07, 6.45) is 0. The fraction of sp³-hybridized carbons (Fsp3) is 0.182. The fourth-order valence-corrected chi connectivity index (χ4v) is 1.32. The minimum atomic E-state index is -0.851. The zero-order valence-corrected chi connectivity index (χ0v) is 8.63. The van der Waals surface area contributed by atoms with Gasteiger partial charge in [-0.15, -0.1) is 0 Å². The minimum absolute atomic E-state index is 0.162. The van der Waals surface area contributed by atoms with Gasteiger partial charge in [-0.3, -0.25) is 0 Å². The molecule has 0 bridgehead atoms. The molecule has 0 aliphatic heterocycles. The molecule has 0 aliphatic carbocycles. The van der Waals surface area contributed by atoms with E-state index in [1.165, 1.54) is 12.1 Å². The second-order valence-corrected chi connectivity index (χ2v) is 3.39. The second-order valence-electron chi connectivity index (χ2n) is 3.39. The van der Waals surface area contributed by atoms with Crippen molar-refractivity contribution in [3.63, 3.8) is 0 Å². The van der Waals surface area contributed by atoms with Gasteiger partial charge in [-0.1, -0.05) is 17.3 Å². The molecular formula is C11H10F2N2O. The first kappa shape index (κ1) is 10.6. The molecule has 2 rings (SSSR count). The molecule has 1 N–H and O–H groups in total. The van der Waals surface area contributed by atoms with Gasteiger partial charge in [0.15, 0.2) is 17.5 Å². The number of aromatic nitrogens is 1. The standard InChI is InChI=1S/C11H10F2N2O/c1-7-5-10(15-16-7)14-6-8-3-2-4-9(12)11(8)13/h2-5H,6H2,1H3,(H,14,15). The molecule has 1 heterocycles. The molecule has 5 heteroatoms. The Morgan fingerprint density at radius 1 is 1.38 bits per heavy atom. The van der Waals surface area contributed by atoms with Crippen molar-refractivity contribution in [3.05, 3.63) is 47.2 Å². The number of anilines is 1. The molecule has 84 valence electrons. The van der Waals surface area contributed by atoms with Crippen LogP contribution in [-0.4, -0.2) is 5.16 Å². The van der Waals surface area contributed by atoms with Gasteiger partial charge in [0.2, 0.25) is 0 Å². The number of rotatable bonds is 3. The summed E-state index contributed by atoms with van der Waals surface area (Å²) >= 11 is 0. The lowest BCUT2D eigenvalue weighted by molar-refractivity contribution is 0.399. The Labute approximate surface area is 91.1 Å². The number of aryl methyl sites for hydroxylation is 1. The average molecular weight is 224 g/mol. The molecule has 0 aliphatic rings. The summed E-state index contributed by atoms with van der Waals surface area (Å²) < 4.78 is 30.9. The monoisotopic (exact) mass is 224 g/mol. The fourth-order valence-electron chi connectivity index (χ4n) is 1.32. The Balaban J connectivity index is 2.07. The molecule has 1 aromatic heterocycles. The highest BCUT2D eigenvalue weighted by atomic mass is 19.2. The minimum Gasteiger partial charge on any atom is -0.363 e. The summed E-state index contributed by atoms with van der Waals surface area (Å²) in [5.74, 6) is -0.533. The second kappa shape index (κ2) is 4.30. The number of benzene rings is 1. The topological polar surface area (TPSA) is 38.1 Å². The zero-order valence-electron chi connectivity index (χ0n) is 8.63. The first-order chi connectivity index (χ1) is 7.66. The lowest BCUT2D eigenvalue weighted by Crippen LogP contribution is -2.03. The van der Waals surface area contributed by atoms with Crippen molar-refractivity contribution in [2.24, 2.45) is 0 Å². The van der Waals surface area contributed by atoms with Gasteiger partial charge in [-0.2, -0.15) is 0 Å². The molecule has 0 fully saturated rings. The van der Waals surface area contributed by atoms with Crippen molar-refractivity contribution >= 4 is 5.82 Å². The summed E-state index contributed by atoms with van der Waals surface area (Å²) in [4.78, 5) is 0. The lowest BCUT2D eigenvalue weighted by Gasteiger charge is -2.04. The Bertz CT molecular complexity index is 496. The lowest BCUT2D eigenvalue weighted by atomic mass is 10.2. The van der Waals surface area contributed by atoms with E-state index in [-0.39, 0.29) is 12.1 Å². The molecule has 3 nitrogen and oxygen atoms in total. The van der Waals surface area contributed by atoms with Gasteiger partial charge < -0.3 is 9.84 Å². The van der Waals surface area contributed by atoms with Crippen LogP contribution in [-0.2, 0) is 6.54 Å². The number of nitrogens with one attached hydrogen (secondary N) is 1. The Kier molecular flexibility index (Phi) is 2.85. The van der Waals surface area contributed by atoms with Crippen LogP contribution in [0.5, 0.6) is 0 Å². The summed E-state index contributed by atoms with van der Waals surface area (Å²) in [7, 11) is 0. The molecule has 0 amide bonds. The van der Waals surface area contributed by atoms with Crippen LogP contribution in [0.4, 0.5) is 14.6 Å². The van der Waals surface area contributed by atoms with Gasteiger partial charge >= 0.3 is 0 Å². The van der Waals surface area contributed by atoms with Crippen LogP contribution >= 0.6 is 0 Å². The highest BCUT2D eigenvalue weighted by molar-refractivity contribution is 5.35. The third kappa shape index (κ3) is 2.18. The van der Waals surface area contributed by atoms with E-state index in [1.807, 2.05) is 0 Å². The SMILES string of the molecule is Cc1cc(NCc2cccc(F)c2F)no1. The number of nitrogens with zero attached hydrogens (tertiary/aromatic N) is 1. The molecule has 0 radical (unpaired) electrons. The van der Waals surface area contributed by atoms with Crippen LogP contribution in [0.3, 0.4) is 0 Å². The molecule has 0 spiro atoms. The maximum Gasteiger partial charge on any atom is 0.169 e. The summed E-state index contributed by atoms with van der Waals surface area (Å²) in [5, 5.41) is 6.52. The zero-order chi connectivity index (χ0) is 11.5. The largest absolute Gasteiger partial charge is 0.363 e. The predicted octanol–water partition coefficient (Wildman–Crippen LogP) is 2.87. The van der Waals surface area contributed by atoms with Crippen LogP contribution in [0.2, 0.25) is 0 Å². The van der Waals surface area contributed by atoms with E-state index in [9.17, 15) is 8.78 Å². The number of hydrogen-bond acceptors (Lipinski definition) is 3. The van der Waals surface area contributed by atoms with Gasteiger partial charge in [0.25, 0.3) is 0 Å². The van der Waals surface area contributed by atoms with Gasteiger partial charge in [0.05, 0.1) is 0 Å². The van der Waals surface area contributed by atoms with E-state index in [4.69, 9.17) is 4.52 Å². The summed E-state index contributed by atoms with van der Waals surface area (Å²) in [6, 6.07) is 5.73. The molecule has 1 aromatic carbocycles. The molecule has 2 aromatic rings. The normalized spacial score (nSPS) is 10.4. The van der Waals surface area contributed by atoms with Crippen molar-refractivity contribution in [2.45, 2.75) is 13.5 Å². The number of halogens is 2. The van der Waals surface area contributed by atoms with E-state index in [0.29, 0.717) is 11.6 Å². The third-order valence-corrected chi connectivity index (χ3v) is 2.12. The third-order valence-electron chi connectivity index (χ3n) is 2.12. The van der Waals surface area contributed by atoms with Crippen LogP contribution in [0.1, 0.15) is 11.3 Å². The predicted molar refractivity (Wildman–Crippen MR) is 54.9 cm³/mol. The van der Waals surface area contributed by atoms with Crippen molar-refractivity contribution in [2.75, 3.05) is 5.32 Å². The van der Waals surface area contributed by atoms with Gasteiger partial charge in [-0.05, 0) is 13.0 Å². The molecular weight excluding hydrogens is 214 g/mol. The van der Waals surface area contributed by atoms with E-state index in [2.05, 4.69) is 10.5 Å². The smallest absolute Gasteiger partial charge is 0.169 e. The van der Waals surface area contributed by atoms with Gasteiger partial charge in [0.1, 0.15) is 5.76 Å². The van der Waals surface area contributed by atoms with E-state index < -0.39 is 11.6 Å². The molecule has 0 saturated heterocycles. The average Bonchev–Trinajstić information content (AvgIpc) is 2.67. The van der Waals surface area contributed by atoms with Crippen molar-refractivity contribution in [1.82, 2.24) is 5.16 Å². The quantitative estimate of drug-likeness (QED) is 0.871. The summed E-state index contributed by atoms with van der Waals surface area (Å²) in [5.41, 5.74) is 0.251. The Hall–Kier alpha value is -1.91. The van der Waals surface area contributed by atoms with Crippen LogP contribution in [0, 0.1) is 18.6 Å². The first-order valence-electron chi connectivity index (χ1n) is 4.77. The highest BCUT2D eigenvalue weighted by Gasteiger charge is 2.07. The van der Waals surface area contributed by atoms with Gasteiger partial charge in [0, 0.05) is 18.2 Å².